The summed E-state index contributed by atoms with van der Waals surface area (Å²) in [5, 5.41) is 0. The molecule has 34 heavy (non-hydrogen) atoms. The van der Waals surface area contributed by atoms with E-state index in [1.165, 1.54) is 36.4 Å². The van der Waals surface area contributed by atoms with Crippen LogP contribution in [0.5, 0.6) is 0 Å². The van der Waals surface area contributed by atoms with E-state index in [-0.39, 0.29) is 36.9 Å². The summed E-state index contributed by atoms with van der Waals surface area (Å²) in [6, 6.07) is 13.3. The normalized spacial score (nSPS) is 11.1. The Morgan fingerprint density at radius 2 is 0.618 bits per heavy atom. The minimum absolute atomic E-state index is 0. The Bertz CT molecular complexity index is 1250. The topological polar surface area (TPSA) is 172 Å². The summed E-state index contributed by atoms with van der Waals surface area (Å²) in [5.41, 5.74) is 0. The summed E-state index contributed by atoms with van der Waals surface area (Å²) in [6.07, 6.45) is 0. The average molecular weight is 694 g/mol. The maximum absolute atomic E-state index is 12.5. The Morgan fingerprint density at radius 3 is 0.735 bits per heavy atom. The van der Waals surface area contributed by atoms with Crippen LogP contribution in [0.3, 0.4) is 0 Å². The predicted octanol–water partition coefficient (Wildman–Crippen LogP) is 2.19. The van der Waals surface area contributed by atoms with Gasteiger partial charge in [-0.25, -0.2) is 38.4 Å². The van der Waals surface area contributed by atoms with Gasteiger partial charge in [-0.3, -0.25) is 0 Å². The number of hydrogen-bond acceptors (Lipinski definition) is 9. The van der Waals surface area contributed by atoms with Gasteiger partial charge < -0.3 is 13.7 Å². The van der Waals surface area contributed by atoms with Crippen molar-refractivity contribution in [3.8, 4) is 0 Å². The van der Waals surface area contributed by atoms with E-state index >= 15 is 0 Å². The largest absolute Gasteiger partial charge is 3.00 e. The molecule has 0 saturated carbocycles. The summed E-state index contributed by atoms with van der Waals surface area (Å²) in [5.74, 6) is -3.03. The molecule has 190 valence electrons. The molecule has 3 rings (SSSR count). The Kier molecular flexibility index (Phi) is 12.9. The van der Waals surface area contributed by atoms with E-state index < -0.39 is 62.5 Å². The first kappa shape index (κ1) is 32.4. The quantitative estimate of drug-likeness (QED) is 0.373. The van der Waals surface area contributed by atoms with E-state index in [0.29, 0.717) is 0 Å². The molecule has 9 nitrogen and oxygen atoms in total. The SMILES string of the molecule is O=S(=O)([O-])c1ccccc1F.O=S(=O)([O-])c1ccccc1F.O=S(=O)([O-])c1ccccc1F.[Tm+3]. The molecule has 0 unspecified atom stereocenters. The van der Waals surface area contributed by atoms with Crippen LogP contribution in [-0.4, -0.2) is 38.9 Å². The molecule has 0 aliphatic rings. The van der Waals surface area contributed by atoms with E-state index in [0.717, 1.165) is 36.4 Å². The molecule has 0 heterocycles. The van der Waals surface area contributed by atoms with Gasteiger partial charge in [-0.15, -0.1) is 0 Å². The zero-order valence-corrected chi connectivity index (χ0v) is 20.5. The average Bonchev–Trinajstić information content (AvgIpc) is 2.67. The number of benzene rings is 3. The Hall–Kier alpha value is -1.59. The van der Waals surface area contributed by atoms with Gasteiger partial charge in [-0.2, -0.15) is 0 Å². The third kappa shape index (κ3) is 10.8. The number of halogens is 3. The van der Waals surface area contributed by atoms with Crippen LogP contribution in [0.1, 0.15) is 0 Å². The molecule has 0 saturated heterocycles. The van der Waals surface area contributed by atoms with Crippen LogP contribution in [-0.2, 0) is 30.4 Å². The van der Waals surface area contributed by atoms with Crippen LogP contribution in [0.15, 0.2) is 87.5 Å². The standard InChI is InChI=1S/3C6H5FO3S.Tm/c3*7-5-3-1-2-4-6(5)11(8,9)10;/h3*1-4H,(H,8,9,10);/q;;;+3/p-3. The monoisotopic (exact) mass is 694 g/mol. The first-order valence-electron chi connectivity index (χ1n) is 8.16. The van der Waals surface area contributed by atoms with Crippen LogP contribution in [0.25, 0.3) is 0 Å². The zero-order valence-electron chi connectivity index (χ0n) is 16.2. The molecule has 0 aromatic heterocycles. The maximum Gasteiger partial charge on any atom is 3.00 e. The van der Waals surface area contributed by atoms with E-state index in [1.807, 2.05) is 0 Å². The van der Waals surface area contributed by atoms with Crippen molar-refractivity contribution in [2.24, 2.45) is 0 Å². The fraction of sp³-hybridized carbons (Fsp3) is 0. The van der Waals surface area contributed by atoms with Gasteiger partial charge >= 0.3 is 36.9 Å². The van der Waals surface area contributed by atoms with Crippen molar-refractivity contribution in [1.82, 2.24) is 0 Å². The van der Waals surface area contributed by atoms with Crippen LogP contribution in [0.4, 0.5) is 13.2 Å². The molecule has 0 spiro atoms. The summed E-state index contributed by atoms with van der Waals surface area (Å²) in [7, 11) is -14.0. The summed E-state index contributed by atoms with van der Waals surface area (Å²) >= 11 is 0. The van der Waals surface area contributed by atoms with Crippen molar-refractivity contribution in [2.75, 3.05) is 0 Å². The van der Waals surface area contributed by atoms with Gasteiger partial charge in [0.15, 0.2) is 0 Å². The third-order valence-electron chi connectivity index (χ3n) is 3.32. The van der Waals surface area contributed by atoms with Gasteiger partial charge in [0.05, 0.1) is 14.7 Å². The van der Waals surface area contributed by atoms with Gasteiger partial charge in [0, 0.05) is 0 Å². The van der Waals surface area contributed by atoms with Gasteiger partial charge in [0.2, 0.25) is 0 Å². The smallest absolute Gasteiger partial charge is 0.744 e. The van der Waals surface area contributed by atoms with Crippen LogP contribution in [0.2, 0.25) is 0 Å². The molecule has 0 radical (unpaired) electrons. The van der Waals surface area contributed by atoms with E-state index in [2.05, 4.69) is 0 Å². The molecule has 0 bridgehead atoms. The molecule has 3 aromatic rings. The molecule has 0 N–H and O–H groups in total. The van der Waals surface area contributed by atoms with Gasteiger partial charge in [0.25, 0.3) is 0 Å². The van der Waals surface area contributed by atoms with Gasteiger partial charge in [-0.05, 0) is 36.4 Å². The van der Waals surface area contributed by atoms with E-state index in [9.17, 15) is 52.1 Å². The Balaban J connectivity index is 0.000000473. The zero-order chi connectivity index (χ0) is 25.4. The van der Waals surface area contributed by atoms with Crippen molar-refractivity contribution in [1.29, 1.82) is 0 Å². The van der Waals surface area contributed by atoms with Crippen molar-refractivity contribution < 1.29 is 89.0 Å². The molecule has 0 atom stereocenters. The van der Waals surface area contributed by atoms with Crippen LogP contribution >= 0.6 is 0 Å². The maximum atomic E-state index is 12.5. The van der Waals surface area contributed by atoms with Crippen LogP contribution < -0.4 is 0 Å². The van der Waals surface area contributed by atoms with Crippen molar-refractivity contribution in [2.45, 2.75) is 14.7 Å². The second kappa shape index (κ2) is 13.5. The van der Waals surface area contributed by atoms with Crippen molar-refractivity contribution in [3.63, 3.8) is 0 Å². The summed E-state index contributed by atoms with van der Waals surface area (Å²) < 4.78 is 130. The molecule has 0 fully saturated rings. The fourth-order valence-electron chi connectivity index (χ4n) is 1.94. The first-order chi connectivity index (χ1) is 15.0. The second-order valence-electron chi connectivity index (χ2n) is 5.65. The number of rotatable bonds is 3. The van der Waals surface area contributed by atoms with Gasteiger partial charge in [-0.1, -0.05) is 36.4 Å². The summed E-state index contributed by atoms with van der Waals surface area (Å²) in [4.78, 5) is -2.42. The molecular formula is C18H12F3O9S3Tm. The molecule has 16 heteroatoms. The van der Waals surface area contributed by atoms with Crippen molar-refractivity contribution in [3.05, 3.63) is 90.2 Å². The molecule has 0 aliphatic carbocycles. The second-order valence-corrected chi connectivity index (χ2v) is 9.70. The fourth-order valence-corrected chi connectivity index (χ4v) is 3.60. The number of hydrogen-bond donors (Lipinski definition) is 0. The summed E-state index contributed by atoms with van der Waals surface area (Å²) in [6.45, 7) is 0. The molecule has 3 aromatic carbocycles. The predicted molar refractivity (Wildman–Crippen MR) is 103 cm³/mol. The molecular weight excluding hydrogens is 682 g/mol. The van der Waals surface area contributed by atoms with E-state index in [4.69, 9.17) is 0 Å². The minimum atomic E-state index is -4.66. The van der Waals surface area contributed by atoms with Crippen LogP contribution in [0, 0.1) is 54.3 Å². The third-order valence-corrected chi connectivity index (χ3v) is 5.93. The van der Waals surface area contributed by atoms with Gasteiger partial charge in [0.1, 0.15) is 47.8 Å². The molecule has 0 amide bonds. The Morgan fingerprint density at radius 1 is 0.441 bits per heavy atom. The first-order valence-corrected chi connectivity index (χ1v) is 12.4. The van der Waals surface area contributed by atoms with Crippen molar-refractivity contribution >= 4 is 30.4 Å². The molecule has 0 aliphatic heterocycles. The minimum Gasteiger partial charge on any atom is -0.744 e. The Labute approximate surface area is 222 Å². The van der Waals surface area contributed by atoms with E-state index in [1.54, 1.807) is 0 Å².